The second-order valence-corrected chi connectivity index (χ2v) is 6.09. The molecule has 1 aliphatic rings. The summed E-state index contributed by atoms with van der Waals surface area (Å²) in [5.74, 6) is -0.0837. The highest BCUT2D eigenvalue weighted by atomic mass is 16.5. The first-order valence-corrected chi connectivity index (χ1v) is 8.33. The van der Waals surface area contributed by atoms with Gasteiger partial charge in [0.2, 0.25) is 0 Å². The van der Waals surface area contributed by atoms with Gasteiger partial charge in [0, 0.05) is 38.6 Å². The standard InChI is InChI=1S/C19H23N3O2/c1-22(14-15-6-3-2-4-7-15)19(23)18-12-16(9-10-20-18)21-13-17-8-5-11-24-17/h2-4,6-7,9-10,12,17H,5,8,11,13-14H2,1H3,(H,20,21). The van der Waals surface area contributed by atoms with E-state index in [1.165, 1.54) is 0 Å². The van der Waals surface area contributed by atoms with Gasteiger partial charge in [-0.2, -0.15) is 0 Å². The molecule has 2 heterocycles. The van der Waals surface area contributed by atoms with Crippen LogP contribution in [0.1, 0.15) is 28.9 Å². The number of rotatable bonds is 6. The third kappa shape index (κ3) is 4.32. The van der Waals surface area contributed by atoms with Crippen molar-refractivity contribution in [2.75, 3.05) is 25.5 Å². The second kappa shape index (κ2) is 7.93. The van der Waals surface area contributed by atoms with E-state index >= 15 is 0 Å². The molecule has 1 fully saturated rings. The van der Waals surface area contributed by atoms with Crippen LogP contribution in [0.3, 0.4) is 0 Å². The summed E-state index contributed by atoms with van der Waals surface area (Å²) in [5.41, 5.74) is 2.45. The first-order valence-electron chi connectivity index (χ1n) is 8.33. The summed E-state index contributed by atoms with van der Waals surface area (Å²) in [5, 5.41) is 3.33. The molecule has 1 aromatic heterocycles. The number of hydrogen-bond donors (Lipinski definition) is 1. The Morgan fingerprint density at radius 2 is 2.17 bits per heavy atom. The highest BCUT2D eigenvalue weighted by Gasteiger charge is 2.16. The zero-order chi connectivity index (χ0) is 16.8. The molecule has 5 heteroatoms. The van der Waals surface area contributed by atoms with Crippen molar-refractivity contribution in [1.82, 2.24) is 9.88 Å². The van der Waals surface area contributed by atoms with Gasteiger partial charge in [-0.25, -0.2) is 0 Å². The minimum absolute atomic E-state index is 0.0837. The van der Waals surface area contributed by atoms with E-state index in [9.17, 15) is 4.79 Å². The average molecular weight is 325 g/mol. The van der Waals surface area contributed by atoms with Crippen molar-refractivity contribution < 1.29 is 9.53 Å². The van der Waals surface area contributed by atoms with E-state index in [4.69, 9.17) is 4.74 Å². The van der Waals surface area contributed by atoms with Crippen molar-refractivity contribution in [3.8, 4) is 0 Å². The van der Waals surface area contributed by atoms with Crippen LogP contribution in [0.4, 0.5) is 5.69 Å². The number of carbonyl (C=O) groups excluding carboxylic acids is 1. The SMILES string of the molecule is CN(Cc1ccccc1)C(=O)c1cc(NCC2CCCO2)ccn1. The van der Waals surface area contributed by atoms with Crippen LogP contribution in [0, 0.1) is 0 Å². The molecule has 1 N–H and O–H groups in total. The quantitative estimate of drug-likeness (QED) is 0.887. The highest BCUT2D eigenvalue weighted by Crippen LogP contribution is 2.15. The van der Waals surface area contributed by atoms with Crippen LogP contribution in [0.25, 0.3) is 0 Å². The van der Waals surface area contributed by atoms with Gasteiger partial charge in [0.25, 0.3) is 5.91 Å². The smallest absolute Gasteiger partial charge is 0.272 e. The van der Waals surface area contributed by atoms with E-state index in [1.807, 2.05) is 36.4 Å². The Labute approximate surface area is 142 Å². The van der Waals surface area contributed by atoms with Gasteiger partial charge in [-0.05, 0) is 30.5 Å². The van der Waals surface area contributed by atoms with Gasteiger partial charge in [-0.3, -0.25) is 9.78 Å². The molecule has 0 bridgehead atoms. The van der Waals surface area contributed by atoms with Crippen LogP contribution >= 0.6 is 0 Å². The largest absolute Gasteiger partial charge is 0.382 e. The normalized spacial score (nSPS) is 16.8. The van der Waals surface area contributed by atoms with E-state index in [-0.39, 0.29) is 12.0 Å². The third-order valence-electron chi connectivity index (χ3n) is 4.15. The summed E-state index contributed by atoms with van der Waals surface area (Å²) in [6.07, 6.45) is 4.14. The Bertz CT molecular complexity index is 669. The van der Waals surface area contributed by atoms with Gasteiger partial charge in [0.1, 0.15) is 5.69 Å². The molecule has 5 nitrogen and oxygen atoms in total. The molecule has 0 radical (unpaired) electrons. The number of pyridine rings is 1. The Kier molecular flexibility index (Phi) is 5.43. The molecule has 1 aliphatic heterocycles. The summed E-state index contributed by atoms with van der Waals surface area (Å²) in [7, 11) is 1.80. The molecule has 1 atom stereocenters. The van der Waals surface area contributed by atoms with Crippen LogP contribution < -0.4 is 5.32 Å². The van der Waals surface area contributed by atoms with Gasteiger partial charge in [0.15, 0.2) is 0 Å². The molecule has 126 valence electrons. The van der Waals surface area contributed by atoms with Crippen molar-refractivity contribution >= 4 is 11.6 Å². The topological polar surface area (TPSA) is 54.5 Å². The van der Waals surface area contributed by atoms with E-state index < -0.39 is 0 Å². The maximum absolute atomic E-state index is 12.6. The Morgan fingerprint density at radius 1 is 1.33 bits per heavy atom. The maximum Gasteiger partial charge on any atom is 0.272 e. The molecule has 0 aliphatic carbocycles. The van der Waals surface area contributed by atoms with Crippen molar-refractivity contribution in [1.29, 1.82) is 0 Å². The van der Waals surface area contributed by atoms with Gasteiger partial charge >= 0.3 is 0 Å². The molecule has 2 aromatic rings. The first kappa shape index (κ1) is 16.5. The highest BCUT2D eigenvalue weighted by molar-refractivity contribution is 5.92. The van der Waals surface area contributed by atoms with E-state index in [0.29, 0.717) is 12.2 Å². The zero-order valence-electron chi connectivity index (χ0n) is 13.9. The van der Waals surface area contributed by atoms with Crippen molar-refractivity contribution in [3.63, 3.8) is 0 Å². The zero-order valence-corrected chi connectivity index (χ0v) is 13.9. The van der Waals surface area contributed by atoms with Gasteiger partial charge < -0.3 is 15.0 Å². The number of amides is 1. The fourth-order valence-electron chi connectivity index (χ4n) is 2.82. The lowest BCUT2D eigenvalue weighted by Crippen LogP contribution is -2.27. The monoisotopic (exact) mass is 325 g/mol. The summed E-state index contributed by atoms with van der Waals surface area (Å²) < 4.78 is 5.60. The van der Waals surface area contributed by atoms with Crippen LogP contribution in [0.5, 0.6) is 0 Å². The van der Waals surface area contributed by atoms with E-state index in [1.54, 1.807) is 24.2 Å². The lowest BCUT2D eigenvalue weighted by molar-refractivity contribution is 0.0779. The number of hydrogen-bond acceptors (Lipinski definition) is 4. The predicted octanol–water partition coefficient (Wildman–Crippen LogP) is 2.94. The van der Waals surface area contributed by atoms with Crippen molar-refractivity contribution in [2.24, 2.45) is 0 Å². The summed E-state index contributed by atoms with van der Waals surface area (Å²) in [6, 6.07) is 13.6. The molecular weight excluding hydrogens is 302 g/mol. The Hall–Kier alpha value is -2.40. The fraction of sp³-hybridized carbons (Fsp3) is 0.368. The van der Waals surface area contributed by atoms with Crippen LogP contribution in [-0.4, -0.2) is 42.1 Å². The van der Waals surface area contributed by atoms with Crippen LogP contribution in [0.2, 0.25) is 0 Å². The lowest BCUT2D eigenvalue weighted by Gasteiger charge is -2.17. The van der Waals surface area contributed by atoms with E-state index in [0.717, 1.165) is 37.2 Å². The number of benzene rings is 1. The predicted molar refractivity (Wildman–Crippen MR) is 93.9 cm³/mol. The minimum atomic E-state index is -0.0837. The Balaban J connectivity index is 1.60. The number of aromatic nitrogens is 1. The van der Waals surface area contributed by atoms with Crippen molar-refractivity contribution in [3.05, 3.63) is 59.9 Å². The maximum atomic E-state index is 12.6. The lowest BCUT2D eigenvalue weighted by atomic mass is 10.2. The molecule has 1 unspecified atom stereocenters. The van der Waals surface area contributed by atoms with Crippen LogP contribution in [0.15, 0.2) is 48.7 Å². The van der Waals surface area contributed by atoms with Gasteiger partial charge in [-0.1, -0.05) is 30.3 Å². The number of carbonyl (C=O) groups is 1. The molecule has 1 amide bonds. The molecule has 0 spiro atoms. The molecular formula is C19H23N3O2. The average Bonchev–Trinajstić information content (AvgIpc) is 3.14. The number of nitrogens with zero attached hydrogens (tertiary/aromatic N) is 2. The third-order valence-corrected chi connectivity index (χ3v) is 4.15. The first-order chi connectivity index (χ1) is 11.7. The minimum Gasteiger partial charge on any atom is -0.382 e. The van der Waals surface area contributed by atoms with Crippen molar-refractivity contribution in [2.45, 2.75) is 25.5 Å². The van der Waals surface area contributed by atoms with E-state index in [2.05, 4.69) is 10.3 Å². The molecule has 0 saturated carbocycles. The number of nitrogens with one attached hydrogen (secondary N) is 1. The van der Waals surface area contributed by atoms with Gasteiger partial charge in [0.05, 0.1) is 6.10 Å². The molecule has 3 rings (SSSR count). The number of anilines is 1. The Morgan fingerprint density at radius 3 is 2.92 bits per heavy atom. The van der Waals surface area contributed by atoms with Crippen LogP contribution in [-0.2, 0) is 11.3 Å². The summed E-state index contributed by atoms with van der Waals surface area (Å²) in [6.45, 7) is 2.17. The number of ether oxygens (including phenoxy) is 1. The van der Waals surface area contributed by atoms with Gasteiger partial charge in [-0.15, -0.1) is 0 Å². The summed E-state index contributed by atoms with van der Waals surface area (Å²) >= 11 is 0. The molecule has 1 aromatic carbocycles. The summed E-state index contributed by atoms with van der Waals surface area (Å²) in [4.78, 5) is 18.5. The molecule has 1 saturated heterocycles. The fourth-order valence-corrected chi connectivity index (χ4v) is 2.82. The second-order valence-electron chi connectivity index (χ2n) is 6.09. The molecule has 24 heavy (non-hydrogen) atoms.